The number of hydrogen-bond donors (Lipinski definition) is 2. The highest BCUT2D eigenvalue weighted by molar-refractivity contribution is 5.74. The lowest BCUT2D eigenvalue weighted by molar-refractivity contribution is 0.211. The molecule has 96 valence electrons. The van der Waals surface area contributed by atoms with Crippen LogP contribution in [0.25, 0.3) is 0 Å². The Morgan fingerprint density at radius 1 is 1.33 bits per heavy atom. The van der Waals surface area contributed by atoms with E-state index in [4.69, 9.17) is 4.74 Å². The molecule has 4 nitrogen and oxygen atoms in total. The Hall–Kier alpha value is -1.71. The molecule has 1 aliphatic heterocycles. The second-order valence-corrected chi connectivity index (χ2v) is 5.12. The number of ether oxygens (including phenoxy) is 1. The van der Waals surface area contributed by atoms with Crippen LogP contribution in [0.2, 0.25) is 0 Å². The van der Waals surface area contributed by atoms with Crippen LogP contribution in [0.4, 0.5) is 4.79 Å². The Morgan fingerprint density at radius 2 is 2.17 bits per heavy atom. The second-order valence-electron chi connectivity index (χ2n) is 5.12. The van der Waals surface area contributed by atoms with Gasteiger partial charge in [-0.05, 0) is 30.9 Å². The van der Waals surface area contributed by atoms with Gasteiger partial charge in [0.1, 0.15) is 5.75 Å². The van der Waals surface area contributed by atoms with Crippen molar-refractivity contribution >= 4 is 6.03 Å². The third-order valence-electron chi connectivity index (χ3n) is 3.42. The van der Waals surface area contributed by atoms with Crippen molar-refractivity contribution in [3.8, 4) is 5.75 Å². The lowest BCUT2D eigenvalue weighted by Gasteiger charge is -2.25. The van der Waals surface area contributed by atoms with E-state index in [2.05, 4.69) is 16.7 Å². The molecule has 4 heteroatoms. The Morgan fingerprint density at radius 3 is 3.00 bits per heavy atom. The van der Waals surface area contributed by atoms with Gasteiger partial charge in [-0.2, -0.15) is 0 Å². The van der Waals surface area contributed by atoms with Crippen LogP contribution in [0, 0.1) is 5.92 Å². The van der Waals surface area contributed by atoms with Gasteiger partial charge < -0.3 is 15.4 Å². The predicted molar refractivity (Wildman–Crippen MR) is 68.7 cm³/mol. The zero-order valence-electron chi connectivity index (χ0n) is 10.3. The van der Waals surface area contributed by atoms with Gasteiger partial charge >= 0.3 is 6.03 Å². The van der Waals surface area contributed by atoms with Crippen LogP contribution < -0.4 is 15.4 Å². The van der Waals surface area contributed by atoms with E-state index in [1.807, 2.05) is 18.2 Å². The van der Waals surface area contributed by atoms with Crippen LogP contribution >= 0.6 is 0 Å². The summed E-state index contributed by atoms with van der Waals surface area (Å²) in [6.07, 6.45) is 3.21. The van der Waals surface area contributed by atoms with Crippen molar-refractivity contribution in [2.24, 2.45) is 5.92 Å². The highest BCUT2D eigenvalue weighted by Gasteiger charge is 2.24. The van der Waals surface area contributed by atoms with Crippen LogP contribution in [-0.2, 0) is 6.42 Å². The molecule has 2 N–H and O–H groups in total. The second kappa shape index (κ2) is 4.88. The molecule has 0 aromatic heterocycles. The number of rotatable bonds is 3. The zero-order valence-corrected chi connectivity index (χ0v) is 10.3. The van der Waals surface area contributed by atoms with E-state index >= 15 is 0 Å². The lowest BCUT2D eigenvalue weighted by atomic mass is 9.97. The number of para-hydroxylation sites is 1. The topological polar surface area (TPSA) is 50.4 Å². The van der Waals surface area contributed by atoms with E-state index < -0.39 is 0 Å². The molecule has 1 atom stereocenters. The molecule has 0 bridgehead atoms. The van der Waals surface area contributed by atoms with Crippen molar-refractivity contribution in [3.05, 3.63) is 29.8 Å². The lowest BCUT2D eigenvalue weighted by Crippen LogP contribution is -2.41. The number of urea groups is 1. The Balaban J connectivity index is 1.48. The van der Waals surface area contributed by atoms with Crippen LogP contribution in [0.5, 0.6) is 5.75 Å². The van der Waals surface area contributed by atoms with E-state index in [1.165, 1.54) is 5.56 Å². The van der Waals surface area contributed by atoms with Crippen molar-refractivity contribution in [2.75, 3.05) is 13.2 Å². The van der Waals surface area contributed by atoms with Gasteiger partial charge in [0.05, 0.1) is 6.61 Å². The number of nitrogens with one attached hydrogen (secondary N) is 2. The average Bonchev–Trinajstić information content (AvgIpc) is 3.20. The maximum atomic E-state index is 11.5. The molecule has 2 amide bonds. The number of hydrogen-bond acceptors (Lipinski definition) is 2. The summed E-state index contributed by atoms with van der Waals surface area (Å²) in [5.41, 5.74) is 1.23. The molecule has 1 aromatic rings. The van der Waals surface area contributed by atoms with Crippen LogP contribution in [0.15, 0.2) is 24.3 Å². The Labute approximate surface area is 107 Å². The molecule has 0 spiro atoms. The van der Waals surface area contributed by atoms with Gasteiger partial charge in [-0.3, -0.25) is 0 Å². The molecular weight excluding hydrogens is 228 g/mol. The van der Waals surface area contributed by atoms with Crippen molar-refractivity contribution in [2.45, 2.75) is 25.3 Å². The summed E-state index contributed by atoms with van der Waals surface area (Å²) >= 11 is 0. The molecule has 1 heterocycles. The molecule has 18 heavy (non-hydrogen) atoms. The van der Waals surface area contributed by atoms with E-state index in [1.54, 1.807) is 0 Å². The maximum Gasteiger partial charge on any atom is 0.315 e. The summed E-state index contributed by atoms with van der Waals surface area (Å²) in [4.78, 5) is 11.5. The molecule has 0 radical (unpaired) electrons. The summed E-state index contributed by atoms with van der Waals surface area (Å²) < 4.78 is 5.69. The molecule has 2 aliphatic rings. The third-order valence-corrected chi connectivity index (χ3v) is 3.42. The monoisotopic (exact) mass is 246 g/mol. The highest BCUT2D eigenvalue weighted by Crippen LogP contribution is 2.26. The Bertz CT molecular complexity index is 443. The fourth-order valence-electron chi connectivity index (χ4n) is 2.22. The van der Waals surface area contributed by atoms with Crippen molar-refractivity contribution in [3.63, 3.8) is 0 Å². The summed E-state index contributed by atoms with van der Waals surface area (Å²) in [5, 5.41) is 5.85. The molecular formula is C14H18N2O2. The minimum absolute atomic E-state index is 0.0450. The number of carbonyl (C=O) groups is 1. The van der Waals surface area contributed by atoms with Gasteiger partial charge in [0, 0.05) is 18.5 Å². The first-order valence-electron chi connectivity index (χ1n) is 6.56. The van der Waals surface area contributed by atoms with Crippen molar-refractivity contribution < 1.29 is 9.53 Å². The highest BCUT2D eigenvalue weighted by atomic mass is 16.5. The summed E-state index contributed by atoms with van der Waals surface area (Å²) in [6, 6.07) is 8.47. The number of benzene rings is 1. The summed E-state index contributed by atoms with van der Waals surface area (Å²) in [7, 11) is 0. The first-order chi connectivity index (χ1) is 8.81. The normalized spacial score (nSPS) is 21.7. The SMILES string of the molecule is O=C(NCC1COc2ccccc2C1)NC1CC1. The minimum atomic E-state index is -0.0450. The zero-order chi connectivity index (χ0) is 12.4. The number of fused-ring (bicyclic) bond motifs is 1. The van der Waals surface area contributed by atoms with Gasteiger partial charge in [0.15, 0.2) is 0 Å². The minimum Gasteiger partial charge on any atom is -0.493 e. The van der Waals surface area contributed by atoms with Gasteiger partial charge in [0.2, 0.25) is 0 Å². The van der Waals surface area contributed by atoms with Crippen LogP contribution in [0.1, 0.15) is 18.4 Å². The van der Waals surface area contributed by atoms with Crippen LogP contribution in [0.3, 0.4) is 0 Å². The molecule has 0 saturated heterocycles. The van der Waals surface area contributed by atoms with Crippen LogP contribution in [-0.4, -0.2) is 25.2 Å². The smallest absolute Gasteiger partial charge is 0.315 e. The molecule has 1 aromatic carbocycles. The predicted octanol–water partition coefficient (Wildman–Crippen LogP) is 1.70. The van der Waals surface area contributed by atoms with E-state index in [0.29, 0.717) is 25.1 Å². The van der Waals surface area contributed by atoms with Crippen molar-refractivity contribution in [1.29, 1.82) is 0 Å². The molecule has 1 unspecified atom stereocenters. The average molecular weight is 246 g/mol. The standard InChI is InChI=1S/C14H18N2O2/c17-14(16-12-5-6-12)15-8-10-7-11-3-1-2-4-13(11)18-9-10/h1-4,10,12H,5-9H2,(H2,15,16,17). The van der Waals surface area contributed by atoms with Crippen molar-refractivity contribution in [1.82, 2.24) is 10.6 Å². The molecule has 3 rings (SSSR count). The largest absolute Gasteiger partial charge is 0.493 e. The van der Waals surface area contributed by atoms with Gasteiger partial charge in [-0.1, -0.05) is 18.2 Å². The number of carbonyl (C=O) groups excluding carboxylic acids is 1. The quantitative estimate of drug-likeness (QED) is 0.853. The fourth-order valence-corrected chi connectivity index (χ4v) is 2.22. The van der Waals surface area contributed by atoms with Gasteiger partial charge in [0.25, 0.3) is 0 Å². The third kappa shape index (κ3) is 2.75. The molecule has 1 saturated carbocycles. The number of amides is 2. The first-order valence-corrected chi connectivity index (χ1v) is 6.56. The maximum absolute atomic E-state index is 11.5. The van der Waals surface area contributed by atoms with E-state index in [9.17, 15) is 4.79 Å². The first kappa shape index (κ1) is 11.4. The van der Waals surface area contributed by atoms with Gasteiger partial charge in [-0.15, -0.1) is 0 Å². The van der Waals surface area contributed by atoms with Gasteiger partial charge in [-0.25, -0.2) is 4.79 Å². The molecule has 1 fully saturated rings. The summed E-state index contributed by atoms with van der Waals surface area (Å²) in [6.45, 7) is 1.35. The fraction of sp³-hybridized carbons (Fsp3) is 0.500. The van der Waals surface area contributed by atoms with E-state index in [0.717, 1.165) is 25.0 Å². The van der Waals surface area contributed by atoms with E-state index in [-0.39, 0.29) is 6.03 Å². The summed E-state index contributed by atoms with van der Waals surface area (Å²) in [5.74, 6) is 1.35. The molecule has 1 aliphatic carbocycles. The Kier molecular flexibility index (Phi) is 3.09.